The summed E-state index contributed by atoms with van der Waals surface area (Å²) in [4.78, 5) is 0. The molecule has 1 aromatic rings. The van der Waals surface area contributed by atoms with Crippen molar-refractivity contribution < 1.29 is 0 Å². The number of nitrogens with zero attached hydrogens (tertiary/aromatic N) is 1. The third-order valence-corrected chi connectivity index (χ3v) is 2.24. The molecule has 13 heavy (non-hydrogen) atoms. The summed E-state index contributed by atoms with van der Waals surface area (Å²) in [6.45, 7) is 3.94. The van der Waals surface area contributed by atoms with Crippen LogP contribution in [0.5, 0.6) is 0 Å². The van der Waals surface area contributed by atoms with Gasteiger partial charge in [-0.3, -0.25) is 5.84 Å². The predicted octanol–water partition coefficient (Wildman–Crippen LogP) is 2.03. The lowest BCUT2D eigenvalue weighted by Gasteiger charge is -2.03. The Labute approximate surface area is 90.9 Å². The lowest BCUT2D eigenvalue weighted by Crippen LogP contribution is -2.23. The number of benzene rings is 1. The topological polar surface area (TPSA) is 29.3 Å². The fraction of sp³-hybridized carbons (Fsp3) is 0.333. The van der Waals surface area contributed by atoms with Crippen LogP contribution in [-0.4, -0.2) is 5.01 Å². The van der Waals surface area contributed by atoms with Gasteiger partial charge in [0.25, 0.3) is 0 Å². The van der Waals surface area contributed by atoms with Gasteiger partial charge < -0.3 is 0 Å². The number of aryl methyl sites for hydroxylation is 1. The first-order chi connectivity index (χ1) is 5.27. The summed E-state index contributed by atoms with van der Waals surface area (Å²) in [7, 11) is 0. The van der Waals surface area contributed by atoms with Gasteiger partial charge in [-0.05, 0) is 23.6 Å². The van der Waals surface area contributed by atoms with Gasteiger partial charge in [-0.25, -0.2) is 5.01 Å². The number of hydrazine groups is 1. The molecule has 4 heteroatoms. The van der Waals surface area contributed by atoms with E-state index in [0.717, 1.165) is 13.1 Å². The van der Waals surface area contributed by atoms with Crippen molar-refractivity contribution in [3.63, 3.8) is 0 Å². The molecule has 2 rings (SSSR count). The fourth-order valence-electron chi connectivity index (χ4n) is 1.62. The van der Waals surface area contributed by atoms with Crippen molar-refractivity contribution in [1.29, 1.82) is 0 Å². The fourth-order valence-corrected chi connectivity index (χ4v) is 1.62. The number of fused-ring (bicyclic) bond motifs is 1. The van der Waals surface area contributed by atoms with E-state index in [2.05, 4.69) is 25.1 Å². The molecule has 1 aliphatic rings. The van der Waals surface area contributed by atoms with Crippen molar-refractivity contribution in [2.45, 2.75) is 20.0 Å². The highest BCUT2D eigenvalue weighted by atomic mass is 35.5. The van der Waals surface area contributed by atoms with Gasteiger partial charge in [0.2, 0.25) is 0 Å². The highest BCUT2D eigenvalue weighted by molar-refractivity contribution is 5.85. The summed E-state index contributed by atoms with van der Waals surface area (Å²) in [5.74, 6) is 5.69. The van der Waals surface area contributed by atoms with Gasteiger partial charge in [0.1, 0.15) is 0 Å². The summed E-state index contributed by atoms with van der Waals surface area (Å²) >= 11 is 0. The molecular formula is C9H14Cl2N2. The van der Waals surface area contributed by atoms with Gasteiger partial charge in [0.05, 0.1) is 0 Å². The summed E-state index contributed by atoms with van der Waals surface area (Å²) in [6, 6.07) is 6.38. The Kier molecular flexibility index (Phi) is 4.71. The molecule has 0 atom stereocenters. The first-order valence-electron chi connectivity index (χ1n) is 3.84. The van der Waals surface area contributed by atoms with Crippen LogP contribution < -0.4 is 5.84 Å². The van der Waals surface area contributed by atoms with Crippen molar-refractivity contribution in [3.8, 4) is 0 Å². The lowest BCUT2D eigenvalue weighted by molar-refractivity contribution is 0.295. The molecule has 74 valence electrons. The summed E-state index contributed by atoms with van der Waals surface area (Å²) in [5.41, 5.74) is 4.15. The maximum Gasteiger partial charge on any atom is 0.0389 e. The molecule has 1 aliphatic heterocycles. The van der Waals surface area contributed by atoms with Crippen molar-refractivity contribution in [2.75, 3.05) is 0 Å². The Morgan fingerprint density at radius 1 is 1.23 bits per heavy atom. The van der Waals surface area contributed by atoms with Crippen LogP contribution in [0.3, 0.4) is 0 Å². The zero-order chi connectivity index (χ0) is 7.84. The second kappa shape index (κ2) is 4.82. The monoisotopic (exact) mass is 220 g/mol. The van der Waals surface area contributed by atoms with E-state index in [1.807, 2.05) is 5.01 Å². The van der Waals surface area contributed by atoms with E-state index < -0.39 is 0 Å². The molecule has 2 nitrogen and oxygen atoms in total. The van der Waals surface area contributed by atoms with Crippen LogP contribution in [0.25, 0.3) is 0 Å². The van der Waals surface area contributed by atoms with Gasteiger partial charge in [0, 0.05) is 13.1 Å². The minimum Gasteiger partial charge on any atom is -0.268 e. The number of hydrogen-bond acceptors (Lipinski definition) is 2. The van der Waals surface area contributed by atoms with Crippen molar-refractivity contribution in [2.24, 2.45) is 5.84 Å². The van der Waals surface area contributed by atoms with E-state index in [1.54, 1.807) is 0 Å². The molecule has 0 bridgehead atoms. The Balaban J connectivity index is 0.000000720. The predicted molar refractivity (Wildman–Crippen MR) is 59.1 cm³/mol. The van der Waals surface area contributed by atoms with Crippen LogP contribution in [-0.2, 0) is 13.1 Å². The highest BCUT2D eigenvalue weighted by Gasteiger charge is 2.16. The summed E-state index contributed by atoms with van der Waals surface area (Å²) in [5, 5.41) is 1.84. The van der Waals surface area contributed by atoms with Gasteiger partial charge in [-0.1, -0.05) is 18.2 Å². The number of nitrogens with two attached hydrogens (primary N) is 1. The van der Waals surface area contributed by atoms with E-state index in [9.17, 15) is 0 Å². The molecule has 0 saturated heterocycles. The zero-order valence-electron chi connectivity index (χ0n) is 7.49. The Morgan fingerprint density at radius 2 is 1.92 bits per heavy atom. The molecule has 0 radical (unpaired) electrons. The van der Waals surface area contributed by atoms with Crippen molar-refractivity contribution in [3.05, 3.63) is 34.9 Å². The summed E-state index contributed by atoms with van der Waals surface area (Å²) in [6.07, 6.45) is 0. The van der Waals surface area contributed by atoms with Crippen molar-refractivity contribution in [1.82, 2.24) is 5.01 Å². The first kappa shape index (κ1) is 12.7. The number of rotatable bonds is 0. The molecule has 0 aromatic heterocycles. The number of hydrogen-bond donors (Lipinski definition) is 1. The molecule has 2 N–H and O–H groups in total. The maximum absolute atomic E-state index is 5.69. The molecule has 1 heterocycles. The average Bonchev–Trinajstić information content (AvgIpc) is 2.31. The Hall–Kier alpha value is -0.280. The summed E-state index contributed by atoms with van der Waals surface area (Å²) < 4.78 is 0. The molecule has 0 saturated carbocycles. The number of halogens is 2. The molecule has 0 amide bonds. The van der Waals surface area contributed by atoms with E-state index in [1.165, 1.54) is 16.7 Å². The van der Waals surface area contributed by atoms with Crippen LogP contribution in [0, 0.1) is 6.92 Å². The standard InChI is InChI=1S/C9H12N2.2ClH/c1-7-3-2-4-8-5-11(10)6-9(7)8;;/h2-4H,5-6,10H2,1H3;2*1H. The third kappa shape index (κ3) is 2.35. The largest absolute Gasteiger partial charge is 0.268 e. The lowest BCUT2D eigenvalue weighted by atomic mass is 10.1. The molecule has 0 aliphatic carbocycles. The molecule has 0 unspecified atom stereocenters. The SMILES string of the molecule is Cc1cccc2c1CN(N)C2.Cl.Cl. The normalized spacial score (nSPS) is 14.3. The molecule has 0 fully saturated rings. The second-order valence-corrected chi connectivity index (χ2v) is 3.12. The van der Waals surface area contributed by atoms with E-state index in [4.69, 9.17) is 5.84 Å². The maximum atomic E-state index is 5.69. The average molecular weight is 221 g/mol. The van der Waals surface area contributed by atoms with Gasteiger partial charge in [0.15, 0.2) is 0 Å². The van der Waals surface area contributed by atoms with Crippen LogP contribution in [0.15, 0.2) is 18.2 Å². The second-order valence-electron chi connectivity index (χ2n) is 3.12. The van der Waals surface area contributed by atoms with Crippen LogP contribution in [0.4, 0.5) is 0 Å². The van der Waals surface area contributed by atoms with Crippen LogP contribution in [0.1, 0.15) is 16.7 Å². The van der Waals surface area contributed by atoms with Gasteiger partial charge >= 0.3 is 0 Å². The van der Waals surface area contributed by atoms with Crippen LogP contribution >= 0.6 is 24.8 Å². The van der Waals surface area contributed by atoms with E-state index in [-0.39, 0.29) is 24.8 Å². The molecular weight excluding hydrogens is 207 g/mol. The van der Waals surface area contributed by atoms with E-state index >= 15 is 0 Å². The quantitative estimate of drug-likeness (QED) is 0.679. The minimum atomic E-state index is 0. The minimum absolute atomic E-state index is 0. The van der Waals surface area contributed by atoms with Gasteiger partial charge in [-0.15, -0.1) is 24.8 Å². The highest BCUT2D eigenvalue weighted by Crippen LogP contribution is 2.22. The Morgan fingerprint density at radius 3 is 2.54 bits per heavy atom. The van der Waals surface area contributed by atoms with Crippen molar-refractivity contribution >= 4 is 24.8 Å². The first-order valence-corrected chi connectivity index (χ1v) is 3.84. The third-order valence-electron chi connectivity index (χ3n) is 2.24. The molecule has 1 aromatic carbocycles. The van der Waals surface area contributed by atoms with Crippen LogP contribution in [0.2, 0.25) is 0 Å². The van der Waals surface area contributed by atoms with E-state index in [0.29, 0.717) is 0 Å². The molecule has 0 spiro atoms. The Bertz CT molecular complexity index is 289. The smallest absolute Gasteiger partial charge is 0.0389 e. The van der Waals surface area contributed by atoms with Gasteiger partial charge in [-0.2, -0.15) is 0 Å². The zero-order valence-corrected chi connectivity index (χ0v) is 9.12.